The van der Waals surface area contributed by atoms with Crippen molar-refractivity contribution in [1.29, 1.82) is 0 Å². The fourth-order valence-electron chi connectivity index (χ4n) is 3.01. The molecule has 120 valence electrons. The summed E-state index contributed by atoms with van der Waals surface area (Å²) in [5, 5.41) is 4.60. The number of rotatable bonds is 7. The van der Waals surface area contributed by atoms with E-state index in [1.54, 1.807) is 0 Å². The molecular formula is C16H30N4O. The maximum absolute atomic E-state index is 6.42. The van der Waals surface area contributed by atoms with Crippen molar-refractivity contribution in [3.8, 4) is 0 Å². The molecule has 2 unspecified atom stereocenters. The Morgan fingerprint density at radius 1 is 1.43 bits per heavy atom. The van der Waals surface area contributed by atoms with Crippen molar-refractivity contribution in [2.24, 2.45) is 5.73 Å². The number of aryl methyl sites for hydroxylation is 2. The molecule has 0 radical (unpaired) electrons. The van der Waals surface area contributed by atoms with Crippen LogP contribution in [0.2, 0.25) is 0 Å². The first-order chi connectivity index (χ1) is 10.2. The van der Waals surface area contributed by atoms with Gasteiger partial charge in [-0.3, -0.25) is 9.58 Å². The van der Waals surface area contributed by atoms with Crippen LogP contribution in [0.25, 0.3) is 0 Å². The molecule has 0 saturated carbocycles. The van der Waals surface area contributed by atoms with Crippen LogP contribution in [0.5, 0.6) is 0 Å². The number of nitrogens with two attached hydrogens (primary N) is 1. The lowest BCUT2D eigenvalue weighted by Gasteiger charge is -2.35. The molecule has 0 spiro atoms. The van der Waals surface area contributed by atoms with E-state index in [-0.39, 0.29) is 12.1 Å². The van der Waals surface area contributed by atoms with Gasteiger partial charge in [0.2, 0.25) is 0 Å². The molecule has 21 heavy (non-hydrogen) atoms. The zero-order valence-electron chi connectivity index (χ0n) is 13.7. The molecule has 2 rings (SSSR count). The largest absolute Gasteiger partial charge is 0.374 e. The van der Waals surface area contributed by atoms with Gasteiger partial charge >= 0.3 is 0 Å². The Bertz CT molecular complexity index is 430. The molecule has 0 amide bonds. The lowest BCUT2D eigenvalue weighted by atomic mass is 10.0. The number of hydrogen-bond donors (Lipinski definition) is 1. The van der Waals surface area contributed by atoms with Crippen LogP contribution in [0.3, 0.4) is 0 Å². The van der Waals surface area contributed by atoms with E-state index in [2.05, 4.69) is 41.5 Å². The molecule has 2 heterocycles. The molecule has 1 saturated heterocycles. The summed E-state index contributed by atoms with van der Waals surface area (Å²) in [6, 6.07) is 2.23. The molecule has 0 aliphatic carbocycles. The van der Waals surface area contributed by atoms with Crippen molar-refractivity contribution >= 4 is 0 Å². The molecule has 1 aromatic heterocycles. The fraction of sp³-hybridized carbons (Fsp3) is 0.812. The maximum Gasteiger partial charge on any atom is 0.0856 e. The van der Waals surface area contributed by atoms with Gasteiger partial charge in [0.25, 0.3) is 0 Å². The molecule has 1 aliphatic heterocycles. The van der Waals surface area contributed by atoms with Crippen LogP contribution in [0.15, 0.2) is 6.07 Å². The Kier molecular flexibility index (Phi) is 6.21. The van der Waals surface area contributed by atoms with E-state index < -0.39 is 0 Å². The van der Waals surface area contributed by atoms with Crippen LogP contribution in [-0.4, -0.2) is 53.1 Å². The number of ether oxygens (including phenoxy) is 1. The quantitative estimate of drug-likeness (QED) is 0.827. The number of aromatic nitrogens is 2. The van der Waals surface area contributed by atoms with Crippen LogP contribution < -0.4 is 5.73 Å². The van der Waals surface area contributed by atoms with Gasteiger partial charge in [0.05, 0.1) is 18.4 Å². The minimum atomic E-state index is 0.0383. The predicted octanol–water partition coefficient (Wildman–Crippen LogP) is 1.45. The molecule has 2 atom stereocenters. The first kappa shape index (κ1) is 16.5. The van der Waals surface area contributed by atoms with E-state index in [0.717, 1.165) is 51.3 Å². The average molecular weight is 294 g/mol. The highest BCUT2D eigenvalue weighted by atomic mass is 16.5. The normalized spacial score (nSPS) is 21.6. The van der Waals surface area contributed by atoms with Gasteiger partial charge in [-0.1, -0.05) is 13.8 Å². The Balaban J connectivity index is 1.97. The second-order valence-corrected chi connectivity index (χ2v) is 5.87. The fourth-order valence-corrected chi connectivity index (χ4v) is 3.01. The Hall–Kier alpha value is -0.910. The summed E-state index contributed by atoms with van der Waals surface area (Å²) in [4.78, 5) is 2.46. The summed E-state index contributed by atoms with van der Waals surface area (Å²) in [5.74, 6) is 0. The lowest BCUT2D eigenvalue weighted by Crippen LogP contribution is -2.51. The van der Waals surface area contributed by atoms with Crippen molar-refractivity contribution in [1.82, 2.24) is 14.7 Å². The maximum atomic E-state index is 6.42. The van der Waals surface area contributed by atoms with Gasteiger partial charge in [-0.2, -0.15) is 5.10 Å². The van der Waals surface area contributed by atoms with Gasteiger partial charge in [-0.15, -0.1) is 0 Å². The van der Waals surface area contributed by atoms with Crippen molar-refractivity contribution in [3.05, 3.63) is 17.5 Å². The third kappa shape index (κ3) is 4.28. The highest BCUT2D eigenvalue weighted by molar-refractivity contribution is 5.12. The molecule has 0 bridgehead atoms. The molecular weight excluding hydrogens is 264 g/mol. The second kappa shape index (κ2) is 7.92. The minimum Gasteiger partial charge on any atom is -0.374 e. The highest BCUT2D eigenvalue weighted by Gasteiger charge is 2.26. The SMILES string of the molecule is CCCN1CCOC(C(N)Cc2cc(CC)nn2CC)C1. The monoisotopic (exact) mass is 294 g/mol. The molecule has 1 aromatic rings. The lowest BCUT2D eigenvalue weighted by molar-refractivity contribution is -0.0403. The van der Waals surface area contributed by atoms with Crippen LogP contribution in [0.4, 0.5) is 0 Å². The Morgan fingerprint density at radius 3 is 2.90 bits per heavy atom. The topological polar surface area (TPSA) is 56.3 Å². The molecule has 0 aromatic carbocycles. The number of morpholine rings is 1. The van der Waals surface area contributed by atoms with E-state index in [4.69, 9.17) is 10.5 Å². The van der Waals surface area contributed by atoms with E-state index in [1.807, 2.05) is 0 Å². The van der Waals surface area contributed by atoms with Gasteiger partial charge in [0, 0.05) is 37.8 Å². The van der Waals surface area contributed by atoms with E-state index >= 15 is 0 Å². The summed E-state index contributed by atoms with van der Waals surface area (Å²) in [5.41, 5.74) is 8.80. The van der Waals surface area contributed by atoms with Crippen LogP contribution in [0, 0.1) is 0 Å². The Labute approximate surface area is 128 Å². The van der Waals surface area contributed by atoms with Gasteiger partial charge < -0.3 is 10.5 Å². The number of nitrogens with zero attached hydrogens (tertiary/aromatic N) is 3. The summed E-state index contributed by atoms with van der Waals surface area (Å²) in [6.45, 7) is 11.3. The van der Waals surface area contributed by atoms with Crippen LogP contribution in [-0.2, 0) is 24.1 Å². The summed E-state index contributed by atoms with van der Waals surface area (Å²) < 4.78 is 7.97. The molecule has 2 N–H and O–H groups in total. The summed E-state index contributed by atoms with van der Waals surface area (Å²) >= 11 is 0. The summed E-state index contributed by atoms with van der Waals surface area (Å²) in [7, 11) is 0. The standard InChI is InChI=1S/C16H30N4O/c1-4-7-19-8-9-21-16(12-19)15(17)11-14-10-13(5-2)18-20(14)6-3/h10,15-16H,4-9,11-12,17H2,1-3H3. The smallest absolute Gasteiger partial charge is 0.0856 e. The van der Waals surface area contributed by atoms with Crippen molar-refractivity contribution in [2.45, 2.75) is 58.7 Å². The zero-order valence-corrected chi connectivity index (χ0v) is 13.7. The van der Waals surface area contributed by atoms with Gasteiger partial charge in [0.1, 0.15) is 0 Å². The third-order valence-electron chi connectivity index (χ3n) is 4.22. The van der Waals surface area contributed by atoms with Gasteiger partial charge in [-0.25, -0.2) is 0 Å². The minimum absolute atomic E-state index is 0.0383. The molecule has 1 fully saturated rings. The predicted molar refractivity (Wildman–Crippen MR) is 85.4 cm³/mol. The van der Waals surface area contributed by atoms with Crippen LogP contribution >= 0.6 is 0 Å². The molecule has 5 heteroatoms. The van der Waals surface area contributed by atoms with E-state index in [1.165, 1.54) is 12.1 Å². The zero-order chi connectivity index (χ0) is 15.2. The highest BCUT2D eigenvalue weighted by Crippen LogP contribution is 2.14. The number of hydrogen-bond acceptors (Lipinski definition) is 4. The third-order valence-corrected chi connectivity index (χ3v) is 4.22. The first-order valence-electron chi connectivity index (χ1n) is 8.33. The molecule has 5 nitrogen and oxygen atoms in total. The van der Waals surface area contributed by atoms with Crippen molar-refractivity contribution in [2.75, 3.05) is 26.2 Å². The molecule has 1 aliphatic rings. The van der Waals surface area contributed by atoms with Crippen molar-refractivity contribution in [3.63, 3.8) is 0 Å². The van der Waals surface area contributed by atoms with Crippen LogP contribution in [0.1, 0.15) is 38.6 Å². The summed E-state index contributed by atoms with van der Waals surface area (Å²) in [6.07, 6.45) is 3.13. The average Bonchev–Trinajstić information content (AvgIpc) is 2.90. The van der Waals surface area contributed by atoms with Crippen molar-refractivity contribution < 1.29 is 4.74 Å². The van der Waals surface area contributed by atoms with E-state index in [9.17, 15) is 0 Å². The van der Waals surface area contributed by atoms with Gasteiger partial charge in [-0.05, 0) is 32.4 Å². The second-order valence-electron chi connectivity index (χ2n) is 5.87. The van der Waals surface area contributed by atoms with E-state index in [0.29, 0.717) is 0 Å². The van der Waals surface area contributed by atoms with Gasteiger partial charge in [0.15, 0.2) is 0 Å². The first-order valence-corrected chi connectivity index (χ1v) is 8.33. The Morgan fingerprint density at radius 2 is 2.24 bits per heavy atom.